The second-order valence-corrected chi connectivity index (χ2v) is 5.51. The Hall–Kier alpha value is -1.59. The standard InChI is InChI=1S/C16H22N2O3.ClH/c1-11(19)13-4-3-5-15(10-13)21-12(2)16(20)18-8-6-14(17)7-9-18;/h3-5,10,12,14H,6-9,17H2,1-2H3;1H. The van der Waals surface area contributed by atoms with Crippen molar-refractivity contribution in [1.29, 1.82) is 0 Å². The summed E-state index contributed by atoms with van der Waals surface area (Å²) in [5.74, 6) is 0.483. The van der Waals surface area contributed by atoms with Crippen molar-refractivity contribution in [3.8, 4) is 5.75 Å². The Kier molecular flexibility index (Phi) is 6.84. The number of amides is 1. The summed E-state index contributed by atoms with van der Waals surface area (Å²) in [4.78, 5) is 25.5. The van der Waals surface area contributed by atoms with E-state index in [2.05, 4.69) is 0 Å². The van der Waals surface area contributed by atoms with Crippen LogP contribution in [-0.2, 0) is 4.79 Å². The summed E-state index contributed by atoms with van der Waals surface area (Å²) in [7, 11) is 0. The zero-order valence-electron chi connectivity index (χ0n) is 13.0. The lowest BCUT2D eigenvalue weighted by Gasteiger charge is -2.32. The molecule has 1 saturated heterocycles. The molecule has 0 saturated carbocycles. The highest BCUT2D eigenvalue weighted by atomic mass is 35.5. The van der Waals surface area contributed by atoms with Gasteiger partial charge in [0.2, 0.25) is 0 Å². The van der Waals surface area contributed by atoms with Crippen LogP contribution in [0.15, 0.2) is 24.3 Å². The SMILES string of the molecule is CC(=O)c1cccc(OC(C)C(=O)N2CCC(N)CC2)c1.Cl. The molecule has 0 spiro atoms. The van der Waals surface area contributed by atoms with Gasteiger partial charge in [0, 0.05) is 24.7 Å². The van der Waals surface area contributed by atoms with Crippen LogP contribution < -0.4 is 10.5 Å². The molecular formula is C16H23ClN2O3. The molecule has 1 unspecified atom stereocenters. The Labute approximate surface area is 137 Å². The average Bonchev–Trinajstić information content (AvgIpc) is 2.47. The summed E-state index contributed by atoms with van der Waals surface area (Å²) in [6, 6.07) is 7.09. The molecule has 1 aromatic carbocycles. The summed E-state index contributed by atoms with van der Waals surface area (Å²) < 4.78 is 5.67. The fraction of sp³-hybridized carbons (Fsp3) is 0.500. The van der Waals surface area contributed by atoms with Crippen molar-refractivity contribution < 1.29 is 14.3 Å². The number of piperidine rings is 1. The number of rotatable bonds is 4. The monoisotopic (exact) mass is 326 g/mol. The van der Waals surface area contributed by atoms with Gasteiger partial charge in [0.25, 0.3) is 5.91 Å². The number of halogens is 1. The minimum Gasteiger partial charge on any atom is -0.481 e. The van der Waals surface area contributed by atoms with E-state index < -0.39 is 6.10 Å². The van der Waals surface area contributed by atoms with E-state index in [1.807, 2.05) is 0 Å². The fourth-order valence-electron chi connectivity index (χ4n) is 2.42. The fourth-order valence-corrected chi connectivity index (χ4v) is 2.42. The number of Topliss-reactive ketones (excluding diaryl/α,β-unsaturated/α-hetero) is 1. The molecule has 0 aliphatic carbocycles. The molecule has 122 valence electrons. The zero-order chi connectivity index (χ0) is 15.4. The second kappa shape index (κ2) is 8.15. The molecule has 2 rings (SSSR count). The highest BCUT2D eigenvalue weighted by Gasteiger charge is 2.25. The number of hydrogen-bond acceptors (Lipinski definition) is 4. The van der Waals surface area contributed by atoms with Crippen molar-refractivity contribution in [1.82, 2.24) is 4.90 Å². The molecule has 1 heterocycles. The van der Waals surface area contributed by atoms with Crippen molar-refractivity contribution in [3.05, 3.63) is 29.8 Å². The van der Waals surface area contributed by atoms with Crippen LogP contribution in [0.1, 0.15) is 37.0 Å². The van der Waals surface area contributed by atoms with Crippen molar-refractivity contribution in [3.63, 3.8) is 0 Å². The van der Waals surface area contributed by atoms with Gasteiger partial charge in [-0.3, -0.25) is 9.59 Å². The van der Waals surface area contributed by atoms with E-state index in [-0.39, 0.29) is 30.1 Å². The highest BCUT2D eigenvalue weighted by molar-refractivity contribution is 5.94. The third-order valence-corrected chi connectivity index (χ3v) is 3.75. The van der Waals surface area contributed by atoms with Gasteiger partial charge in [-0.15, -0.1) is 12.4 Å². The normalized spacial score (nSPS) is 16.6. The number of nitrogens with zero attached hydrogens (tertiary/aromatic N) is 1. The molecule has 1 atom stereocenters. The summed E-state index contributed by atoms with van der Waals surface area (Å²) in [5, 5.41) is 0. The van der Waals surface area contributed by atoms with E-state index in [0.29, 0.717) is 24.4 Å². The van der Waals surface area contributed by atoms with E-state index in [0.717, 1.165) is 12.8 Å². The smallest absolute Gasteiger partial charge is 0.263 e. The third kappa shape index (κ3) is 4.71. The summed E-state index contributed by atoms with van der Waals surface area (Å²) in [5.41, 5.74) is 6.42. The van der Waals surface area contributed by atoms with Gasteiger partial charge >= 0.3 is 0 Å². The molecule has 0 radical (unpaired) electrons. The minimum absolute atomic E-state index is 0. The van der Waals surface area contributed by atoms with Crippen LogP contribution in [0.25, 0.3) is 0 Å². The largest absolute Gasteiger partial charge is 0.481 e. The lowest BCUT2D eigenvalue weighted by atomic mass is 10.1. The molecule has 1 amide bonds. The molecule has 1 aliphatic rings. The maximum absolute atomic E-state index is 12.3. The summed E-state index contributed by atoms with van der Waals surface area (Å²) >= 11 is 0. The first-order valence-electron chi connectivity index (χ1n) is 7.29. The van der Waals surface area contributed by atoms with Crippen LogP contribution in [0.3, 0.4) is 0 Å². The summed E-state index contributed by atoms with van der Waals surface area (Å²) in [6.45, 7) is 4.60. The van der Waals surface area contributed by atoms with E-state index in [1.54, 1.807) is 36.1 Å². The van der Waals surface area contributed by atoms with Gasteiger partial charge in [0.05, 0.1) is 0 Å². The maximum atomic E-state index is 12.3. The van der Waals surface area contributed by atoms with Gasteiger partial charge in [-0.25, -0.2) is 0 Å². The number of carbonyl (C=O) groups excluding carboxylic acids is 2. The first kappa shape index (κ1) is 18.5. The van der Waals surface area contributed by atoms with Crippen LogP contribution in [-0.4, -0.2) is 41.8 Å². The van der Waals surface area contributed by atoms with Crippen LogP contribution in [0.2, 0.25) is 0 Å². The minimum atomic E-state index is -0.568. The number of carbonyl (C=O) groups is 2. The van der Waals surface area contributed by atoms with E-state index >= 15 is 0 Å². The van der Waals surface area contributed by atoms with E-state index in [9.17, 15) is 9.59 Å². The van der Waals surface area contributed by atoms with Crippen molar-refractivity contribution in [2.75, 3.05) is 13.1 Å². The maximum Gasteiger partial charge on any atom is 0.263 e. The Morgan fingerprint density at radius 1 is 1.32 bits per heavy atom. The van der Waals surface area contributed by atoms with E-state index in [1.165, 1.54) is 6.92 Å². The molecule has 1 aromatic rings. The molecule has 1 fully saturated rings. The molecular weight excluding hydrogens is 304 g/mol. The number of likely N-dealkylation sites (tertiary alicyclic amines) is 1. The van der Waals surface area contributed by atoms with Crippen LogP contribution in [0.5, 0.6) is 5.75 Å². The second-order valence-electron chi connectivity index (χ2n) is 5.51. The molecule has 22 heavy (non-hydrogen) atoms. The number of hydrogen-bond donors (Lipinski definition) is 1. The predicted octanol–water partition coefficient (Wildman–Crippen LogP) is 2.03. The zero-order valence-corrected chi connectivity index (χ0v) is 13.8. The lowest BCUT2D eigenvalue weighted by molar-refractivity contribution is -0.139. The molecule has 6 heteroatoms. The third-order valence-electron chi connectivity index (χ3n) is 3.75. The number of ketones is 1. The quantitative estimate of drug-likeness (QED) is 0.859. The Morgan fingerprint density at radius 2 is 1.95 bits per heavy atom. The van der Waals surface area contributed by atoms with Crippen molar-refractivity contribution >= 4 is 24.1 Å². The van der Waals surface area contributed by atoms with Crippen molar-refractivity contribution in [2.24, 2.45) is 5.73 Å². The number of ether oxygens (including phenoxy) is 1. The topological polar surface area (TPSA) is 72.6 Å². The van der Waals surface area contributed by atoms with Crippen molar-refractivity contribution in [2.45, 2.75) is 38.8 Å². The van der Waals surface area contributed by atoms with Gasteiger partial charge in [0.15, 0.2) is 11.9 Å². The number of nitrogens with two attached hydrogens (primary N) is 1. The molecule has 2 N–H and O–H groups in total. The Bertz CT molecular complexity index is 528. The Balaban J connectivity index is 0.00000242. The van der Waals surface area contributed by atoms with Gasteiger partial charge in [-0.05, 0) is 38.8 Å². The average molecular weight is 327 g/mol. The molecule has 0 aromatic heterocycles. The number of benzene rings is 1. The molecule has 5 nitrogen and oxygen atoms in total. The van der Waals surface area contributed by atoms with Gasteiger partial charge in [-0.1, -0.05) is 12.1 Å². The first-order valence-corrected chi connectivity index (χ1v) is 7.29. The van der Waals surface area contributed by atoms with Gasteiger partial charge in [-0.2, -0.15) is 0 Å². The Morgan fingerprint density at radius 3 is 2.55 bits per heavy atom. The van der Waals surface area contributed by atoms with Crippen LogP contribution in [0.4, 0.5) is 0 Å². The van der Waals surface area contributed by atoms with Crippen LogP contribution in [0, 0.1) is 0 Å². The first-order chi connectivity index (χ1) is 9.97. The highest BCUT2D eigenvalue weighted by Crippen LogP contribution is 2.17. The molecule has 1 aliphatic heterocycles. The van der Waals surface area contributed by atoms with E-state index in [4.69, 9.17) is 10.5 Å². The van der Waals surface area contributed by atoms with Gasteiger partial charge in [0.1, 0.15) is 5.75 Å². The van der Waals surface area contributed by atoms with Gasteiger partial charge < -0.3 is 15.4 Å². The molecule has 0 bridgehead atoms. The van der Waals surface area contributed by atoms with Crippen LogP contribution >= 0.6 is 12.4 Å². The lowest BCUT2D eigenvalue weighted by Crippen LogP contribution is -2.47. The predicted molar refractivity (Wildman–Crippen MR) is 87.6 cm³/mol. The summed E-state index contributed by atoms with van der Waals surface area (Å²) in [6.07, 6.45) is 1.10.